The van der Waals surface area contributed by atoms with Crippen molar-refractivity contribution in [2.75, 3.05) is 26.8 Å². The van der Waals surface area contributed by atoms with Crippen molar-refractivity contribution >= 4 is 5.91 Å². The maximum Gasteiger partial charge on any atom is 0.422 e. The predicted molar refractivity (Wildman–Crippen MR) is 111 cm³/mol. The summed E-state index contributed by atoms with van der Waals surface area (Å²) in [4.78, 5) is 14.7. The van der Waals surface area contributed by atoms with Gasteiger partial charge in [0.15, 0.2) is 18.1 Å². The molecule has 1 heterocycles. The quantitative estimate of drug-likeness (QED) is 0.647. The fourth-order valence-electron chi connectivity index (χ4n) is 3.64. The number of nitrogens with one attached hydrogen (secondary N) is 1. The standard InChI is InChI=1S/C23H27F3N2O3/c1-30-21-13-17(7-9-20(21)31-16-23(24,25)26)8-10-22(29)27-19-11-12-28(15-19)14-18-5-3-2-4-6-18/h2-7,9,13,19H,8,10-12,14-16H2,1H3,(H,27,29). The first-order valence-electron chi connectivity index (χ1n) is 10.2. The van der Waals surface area contributed by atoms with Crippen LogP contribution in [0.5, 0.6) is 11.5 Å². The van der Waals surface area contributed by atoms with Crippen molar-refractivity contribution in [3.05, 3.63) is 59.7 Å². The van der Waals surface area contributed by atoms with E-state index < -0.39 is 12.8 Å². The Morgan fingerprint density at radius 1 is 1.13 bits per heavy atom. The van der Waals surface area contributed by atoms with Gasteiger partial charge in [0, 0.05) is 32.1 Å². The van der Waals surface area contributed by atoms with Gasteiger partial charge in [-0.15, -0.1) is 0 Å². The molecule has 8 heteroatoms. The van der Waals surface area contributed by atoms with E-state index in [1.807, 2.05) is 18.2 Å². The van der Waals surface area contributed by atoms with E-state index in [1.165, 1.54) is 18.7 Å². The number of nitrogens with zero attached hydrogens (tertiary/aromatic N) is 1. The van der Waals surface area contributed by atoms with Gasteiger partial charge >= 0.3 is 6.18 Å². The van der Waals surface area contributed by atoms with Gasteiger partial charge in [0.25, 0.3) is 0 Å². The van der Waals surface area contributed by atoms with E-state index in [9.17, 15) is 18.0 Å². The van der Waals surface area contributed by atoms with Crippen LogP contribution in [0.2, 0.25) is 0 Å². The molecule has 0 spiro atoms. The molecule has 2 aromatic carbocycles. The van der Waals surface area contributed by atoms with Crippen LogP contribution < -0.4 is 14.8 Å². The first-order valence-corrected chi connectivity index (χ1v) is 10.2. The number of hydrogen-bond donors (Lipinski definition) is 1. The van der Waals surface area contributed by atoms with Crippen LogP contribution in [0.3, 0.4) is 0 Å². The maximum absolute atomic E-state index is 12.4. The van der Waals surface area contributed by atoms with Crippen molar-refractivity contribution < 1.29 is 27.4 Å². The van der Waals surface area contributed by atoms with Crippen LogP contribution in [0.25, 0.3) is 0 Å². The molecule has 1 N–H and O–H groups in total. The summed E-state index contributed by atoms with van der Waals surface area (Å²) in [6, 6.07) is 15.1. The highest BCUT2D eigenvalue weighted by atomic mass is 19.4. The molecule has 168 valence electrons. The molecule has 1 unspecified atom stereocenters. The molecule has 2 aromatic rings. The van der Waals surface area contributed by atoms with Crippen molar-refractivity contribution in [3.63, 3.8) is 0 Å². The topological polar surface area (TPSA) is 50.8 Å². The molecule has 1 aliphatic rings. The summed E-state index contributed by atoms with van der Waals surface area (Å²) in [6.45, 7) is 1.25. The average molecular weight is 436 g/mol. The number of carbonyl (C=O) groups excluding carboxylic acids is 1. The predicted octanol–water partition coefficient (Wildman–Crippen LogP) is 3.96. The molecule has 1 fully saturated rings. The summed E-state index contributed by atoms with van der Waals surface area (Å²) in [5.41, 5.74) is 2.05. The number of amides is 1. The normalized spacial score (nSPS) is 16.8. The summed E-state index contributed by atoms with van der Waals surface area (Å²) < 4.78 is 47.0. The number of hydrogen-bond acceptors (Lipinski definition) is 4. The van der Waals surface area contributed by atoms with Crippen molar-refractivity contribution in [2.45, 2.75) is 38.0 Å². The Hall–Kier alpha value is -2.74. The molecule has 0 saturated carbocycles. The summed E-state index contributed by atoms with van der Waals surface area (Å²) in [6.07, 6.45) is -2.75. The molecule has 5 nitrogen and oxygen atoms in total. The molecule has 0 bridgehead atoms. The van der Waals surface area contributed by atoms with Gasteiger partial charge in [-0.2, -0.15) is 13.2 Å². The van der Waals surface area contributed by atoms with Crippen molar-refractivity contribution in [3.8, 4) is 11.5 Å². The van der Waals surface area contributed by atoms with Crippen LogP contribution >= 0.6 is 0 Å². The van der Waals surface area contributed by atoms with Gasteiger partial charge in [-0.3, -0.25) is 9.69 Å². The van der Waals surface area contributed by atoms with Gasteiger partial charge in [-0.25, -0.2) is 0 Å². The fourth-order valence-corrected chi connectivity index (χ4v) is 3.64. The van der Waals surface area contributed by atoms with Gasteiger partial charge in [0.1, 0.15) is 0 Å². The minimum atomic E-state index is -4.42. The Morgan fingerprint density at radius 3 is 2.61 bits per heavy atom. The molecule has 0 aliphatic carbocycles. The van der Waals surface area contributed by atoms with E-state index in [4.69, 9.17) is 9.47 Å². The number of benzene rings is 2. The van der Waals surface area contributed by atoms with Crippen LogP contribution in [-0.4, -0.2) is 49.8 Å². The van der Waals surface area contributed by atoms with Crippen LogP contribution in [0, 0.1) is 0 Å². The summed E-state index contributed by atoms with van der Waals surface area (Å²) in [5.74, 6) is 0.204. The first-order chi connectivity index (χ1) is 14.8. The molecule has 31 heavy (non-hydrogen) atoms. The monoisotopic (exact) mass is 436 g/mol. The number of aryl methyl sites for hydroxylation is 1. The third-order valence-electron chi connectivity index (χ3n) is 5.15. The lowest BCUT2D eigenvalue weighted by atomic mass is 10.1. The third-order valence-corrected chi connectivity index (χ3v) is 5.15. The molecule has 0 aromatic heterocycles. The van der Waals surface area contributed by atoms with Crippen molar-refractivity contribution in [1.82, 2.24) is 10.2 Å². The van der Waals surface area contributed by atoms with Crippen molar-refractivity contribution in [1.29, 1.82) is 0 Å². The number of alkyl halides is 3. The lowest BCUT2D eigenvalue weighted by Gasteiger charge is -2.17. The highest BCUT2D eigenvalue weighted by Crippen LogP contribution is 2.30. The highest BCUT2D eigenvalue weighted by molar-refractivity contribution is 5.76. The molecule has 3 rings (SSSR count). The van der Waals surface area contributed by atoms with E-state index in [-0.39, 0.29) is 23.4 Å². The maximum atomic E-state index is 12.4. The van der Waals surface area contributed by atoms with E-state index in [0.717, 1.165) is 31.6 Å². The Kier molecular flexibility index (Phi) is 7.79. The second-order valence-corrected chi connectivity index (χ2v) is 7.66. The number of halogens is 3. The number of likely N-dealkylation sites (tertiary alicyclic amines) is 1. The molecular weight excluding hydrogens is 409 g/mol. The van der Waals surface area contributed by atoms with Crippen LogP contribution in [-0.2, 0) is 17.8 Å². The molecule has 1 aliphatic heterocycles. The van der Waals surface area contributed by atoms with E-state index >= 15 is 0 Å². The first kappa shape index (κ1) is 22.9. The Balaban J connectivity index is 1.44. The number of ether oxygens (including phenoxy) is 2. The lowest BCUT2D eigenvalue weighted by Crippen LogP contribution is -2.37. The van der Waals surface area contributed by atoms with Crippen LogP contribution in [0.15, 0.2) is 48.5 Å². The second-order valence-electron chi connectivity index (χ2n) is 7.66. The summed E-state index contributed by atoms with van der Waals surface area (Å²) in [7, 11) is 1.37. The molecular formula is C23H27F3N2O3. The van der Waals surface area contributed by atoms with E-state index in [0.29, 0.717) is 12.8 Å². The summed E-state index contributed by atoms with van der Waals surface area (Å²) >= 11 is 0. The number of rotatable bonds is 9. The zero-order valence-corrected chi connectivity index (χ0v) is 17.5. The minimum absolute atomic E-state index is 0.0255. The zero-order valence-electron chi connectivity index (χ0n) is 17.5. The number of methoxy groups -OCH3 is 1. The van der Waals surface area contributed by atoms with E-state index in [2.05, 4.69) is 22.3 Å². The molecule has 1 saturated heterocycles. The molecule has 1 amide bonds. The summed E-state index contributed by atoms with van der Waals surface area (Å²) in [5, 5.41) is 3.08. The SMILES string of the molecule is COc1cc(CCC(=O)NC2CCN(Cc3ccccc3)C2)ccc1OCC(F)(F)F. The van der Waals surface area contributed by atoms with Crippen molar-refractivity contribution in [2.24, 2.45) is 0 Å². The van der Waals surface area contributed by atoms with Gasteiger partial charge in [-0.05, 0) is 36.1 Å². The van der Waals surface area contributed by atoms with Gasteiger partial charge in [0.2, 0.25) is 5.91 Å². The lowest BCUT2D eigenvalue weighted by molar-refractivity contribution is -0.153. The molecule has 0 radical (unpaired) electrons. The van der Waals surface area contributed by atoms with Gasteiger partial charge < -0.3 is 14.8 Å². The average Bonchev–Trinajstić information content (AvgIpc) is 3.17. The smallest absolute Gasteiger partial charge is 0.422 e. The Labute approximate surface area is 180 Å². The minimum Gasteiger partial charge on any atom is -0.493 e. The van der Waals surface area contributed by atoms with Crippen LogP contribution in [0.1, 0.15) is 24.0 Å². The second kappa shape index (κ2) is 10.5. The highest BCUT2D eigenvalue weighted by Gasteiger charge is 2.29. The van der Waals surface area contributed by atoms with Crippen LogP contribution in [0.4, 0.5) is 13.2 Å². The van der Waals surface area contributed by atoms with Gasteiger partial charge in [0.05, 0.1) is 7.11 Å². The number of carbonyl (C=O) groups is 1. The Bertz CT molecular complexity index is 859. The Morgan fingerprint density at radius 2 is 1.90 bits per heavy atom. The zero-order chi connectivity index (χ0) is 22.3. The fraction of sp³-hybridized carbons (Fsp3) is 0.435. The van der Waals surface area contributed by atoms with E-state index in [1.54, 1.807) is 12.1 Å². The molecule has 1 atom stereocenters. The third kappa shape index (κ3) is 7.47. The van der Waals surface area contributed by atoms with Gasteiger partial charge in [-0.1, -0.05) is 36.4 Å². The largest absolute Gasteiger partial charge is 0.493 e.